The van der Waals surface area contributed by atoms with Gasteiger partial charge in [0.25, 0.3) is 11.8 Å². The fourth-order valence-corrected chi connectivity index (χ4v) is 3.71. The SMILES string of the molecule is CN(C)c1ccc(C(=O)Nc2ccc(C(=O)N3CCCc4ccccc43)cc2)cc1. The zero-order valence-electron chi connectivity index (χ0n) is 17.3. The molecule has 0 spiro atoms. The Bertz CT molecular complexity index is 1060. The predicted molar refractivity (Wildman–Crippen MR) is 122 cm³/mol. The van der Waals surface area contributed by atoms with E-state index in [0.29, 0.717) is 16.8 Å². The maximum Gasteiger partial charge on any atom is 0.258 e. The number of amides is 2. The van der Waals surface area contributed by atoms with Crippen LogP contribution in [0.25, 0.3) is 0 Å². The Morgan fingerprint density at radius 3 is 2.23 bits per heavy atom. The molecule has 1 aliphatic rings. The topological polar surface area (TPSA) is 52.7 Å². The quantitative estimate of drug-likeness (QED) is 0.698. The van der Waals surface area contributed by atoms with E-state index in [-0.39, 0.29) is 11.8 Å². The monoisotopic (exact) mass is 399 g/mol. The van der Waals surface area contributed by atoms with Crippen molar-refractivity contribution in [1.82, 2.24) is 0 Å². The highest BCUT2D eigenvalue weighted by molar-refractivity contribution is 6.08. The Labute approximate surface area is 176 Å². The first-order valence-corrected chi connectivity index (χ1v) is 10.1. The molecule has 1 aliphatic heterocycles. The summed E-state index contributed by atoms with van der Waals surface area (Å²) >= 11 is 0. The summed E-state index contributed by atoms with van der Waals surface area (Å²) in [6.45, 7) is 0.720. The van der Waals surface area contributed by atoms with Crippen molar-refractivity contribution in [2.24, 2.45) is 0 Å². The molecule has 0 saturated heterocycles. The fourth-order valence-electron chi connectivity index (χ4n) is 3.71. The lowest BCUT2D eigenvalue weighted by Crippen LogP contribution is -2.35. The Morgan fingerprint density at radius 1 is 0.867 bits per heavy atom. The zero-order valence-corrected chi connectivity index (χ0v) is 17.3. The van der Waals surface area contributed by atoms with E-state index in [2.05, 4.69) is 11.4 Å². The smallest absolute Gasteiger partial charge is 0.258 e. The second kappa shape index (κ2) is 8.41. The minimum atomic E-state index is -0.177. The molecule has 0 aromatic heterocycles. The van der Waals surface area contributed by atoms with Crippen LogP contribution in [-0.4, -0.2) is 32.5 Å². The minimum Gasteiger partial charge on any atom is -0.378 e. The second-order valence-electron chi connectivity index (χ2n) is 7.66. The highest BCUT2D eigenvalue weighted by atomic mass is 16.2. The van der Waals surface area contributed by atoms with Gasteiger partial charge in [-0.1, -0.05) is 18.2 Å². The molecule has 0 radical (unpaired) electrons. The number of nitrogens with zero attached hydrogens (tertiary/aromatic N) is 2. The average Bonchev–Trinajstić information content (AvgIpc) is 2.78. The molecule has 0 atom stereocenters. The molecule has 3 aromatic carbocycles. The van der Waals surface area contributed by atoms with Crippen molar-refractivity contribution < 1.29 is 9.59 Å². The number of fused-ring (bicyclic) bond motifs is 1. The van der Waals surface area contributed by atoms with E-state index < -0.39 is 0 Å². The lowest BCUT2D eigenvalue weighted by Gasteiger charge is -2.29. The number of benzene rings is 3. The molecule has 0 bridgehead atoms. The van der Waals surface area contributed by atoms with Crippen LogP contribution in [-0.2, 0) is 6.42 Å². The summed E-state index contributed by atoms with van der Waals surface area (Å²) in [6.07, 6.45) is 1.96. The molecule has 1 heterocycles. The Kier molecular flexibility index (Phi) is 5.53. The van der Waals surface area contributed by atoms with Crippen LogP contribution in [0.3, 0.4) is 0 Å². The van der Waals surface area contributed by atoms with E-state index in [1.807, 2.05) is 54.2 Å². The van der Waals surface area contributed by atoms with Crippen molar-refractivity contribution in [1.29, 1.82) is 0 Å². The van der Waals surface area contributed by atoms with E-state index in [4.69, 9.17) is 0 Å². The number of aryl methyl sites for hydroxylation is 1. The maximum atomic E-state index is 13.0. The number of hydrogen-bond acceptors (Lipinski definition) is 3. The summed E-state index contributed by atoms with van der Waals surface area (Å²) in [5.74, 6) is -0.191. The van der Waals surface area contributed by atoms with Crippen molar-refractivity contribution in [3.63, 3.8) is 0 Å². The molecule has 30 heavy (non-hydrogen) atoms. The number of nitrogens with one attached hydrogen (secondary N) is 1. The Hall–Kier alpha value is -3.60. The van der Waals surface area contributed by atoms with E-state index in [0.717, 1.165) is 30.8 Å². The standard InChI is InChI=1S/C25H25N3O2/c1-27(2)22-15-11-19(12-16-22)24(29)26-21-13-9-20(10-14-21)25(30)28-17-5-7-18-6-3-4-8-23(18)28/h3-4,6,8-16H,5,7,17H2,1-2H3,(H,26,29). The van der Waals surface area contributed by atoms with E-state index in [1.54, 1.807) is 36.4 Å². The Morgan fingerprint density at radius 2 is 1.53 bits per heavy atom. The zero-order chi connectivity index (χ0) is 21.1. The summed E-state index contributed by atoms with van der Waals surface area (Å²) in [6, 6.07) is 22.6. The molecule has 2 amide bonds. The van der Waals surface area contributed by atoms with Crippen LogP contribution in [0, 0.1) is 0 Å². The first-order chi connectivity index (χ1) is 14.5. The van der Waals surface area contributed by atoms with E-state index in [1.165, 1.54) is 5.56 Å². The highest BCUT2D eigenvalue weighted by Crippen LogP contribution is 2.28. The summed E-state index contributed by atoms with van der Waals surface area (Å²) in [5, 5.41) is 2.89. The molecule has 0 saturated carbocycles. The van der Waals surface area contributed by atoms with Crippen LogP contribution in [0.5, 0.6) is 0 Å². The van der Waals surface area contributed by atoms with Gasteiger partial charge in [0.1, 0.15) is 0 Å². The van der Waals surface area contributed by atoms with Gasteiger partial charge in [-0.05, 0) is 73.0 Å². The third-order valence-corrected chi connectivity index (χ3v) is 5.39. The molecule has 0 aliphatic carbocycles. The lowest BCUT2D eigenvalue weighted by molar-refractivity contribution is 0.0984. The van der Waals surface area contributed by atoms with Gasteiger partial charge in [0.05, 0.1) is 0 Å². The lowest BCUT2D eigenvalue weighted by atomic mass is 10.0. The molecule has 5 nitrogen and oxygen atoms in total. The summed E-state index contributed by atoms with van der Waals surface area (Å²) in [5.41, 5.74) is 5.10. The van der Waals surface area contributed by atoms with Gasteiger partial charge in [0.15, 0.2) is 0 Å². The average molecular weight is 399 g/mol. The van der Waals surface area contributed by atoms with Gasteiger partial charge in [0.2, 0.25) is 0 Å². The molecular formula is C25H25N3O2. The van der Waals surface area contributed by atoms with Crippen LogP contribution in [0.1, 0.15) is 32.7 Å². The largest absolute Gasteiger partial charge is 0.378 e. The summed E-state index contributed by atoms with van der Waals surface area (Å²) in [7, 11) is 3.92. The predicted octanol–water partition coefficient (Wildman–Crippen LogP) is 4.60. The first kappa shape index (κ1) is 19.7. The van der Waals surface area contributed by atoms with Gasteiger partial charge < -0.3 is 15.1 Å². The maximum absolute atomic E-state index is 13.0. The molecule has 0 fully saturated rings. The molecular weight excluding hydrogens is 374 g/mol. The van der Waals surface area contributed by atoms with Crippen molar-refractivity contribution in [3.8, 4) is 0 Å². The third kappa shape index (κ3) is 4.06. The summed E-state index contributed by atoms with van der Waals surface area (Å²) < 4.78 is 0. The minimum absolute atomic E-state index is 0.0145. The van der Waals surface area contributed by atoms with Crippen molar-refractivity contribution in [3.05, 3.63) is 89.5 Å². The molecule has 3 aromatic rings. The van der Waals surface area contributed by atoms with Crippen molar-refractivity contribution in [2.45, 2.75) is 12.8 Å². The third-order valence-electron chi connectivity index (χ3n) is 5.39. The van der Waals surface area contributed by atoms with Crippen LogP contribution >= 0.6 is 0 Å². The number of carbonyl (C=O) groups excluding carboxylic acids is 2. The van der Waals surface area contributed by atoms with Gasteiger partial charge in [-0.3, -0.25) is 9.59 Å². The molecule has 1 N–H and O–H groups in total. The molecule has 152 valence electrons. The number of carbonyl (C=O) groups is 2. The van der Waals surface area contributed by atoms with Gasteiger partial charge >= 0.3 is 0 Å². The van der Waals surface area contributed by atoms with Gasteiger partial charge in [-0.15, -0.1) is 0 Å². The summed E-state index contributed by atoms with van der Waals surface area (Å²) in [4.78, 5) is 29.4. The second-order valence-corrected chi connectivity index (χ2v) is 7.66. The number of rotatable bonds is 4. The number of hydrogen-bond donors (Lipinski definition) is 1. The highest BCUT2D eigenvalue weighted by Gasteiger charge is 2.23. The Balaban J connectivity index is 1.45. The van der Waals surface area contributed by atoms with Gasteiger partial charge in [0, 0.05) is 48.8 Å². The van der Waals surface area contributed by atoms with Crippen molar-refractivity contribution >= 4 is 28.9 Å². The van der Waals surface area contributed by atoms with E-state index in [9.17, 15) is 9.59 Å². The molecule has 4 rings (SSSR count). The van der Waals surface area contributed by atoms with Gasteiger partial charge in [-0.2, -0.15) is 0 Å². The number of para-hydroxylation sites is 1. The molecule has 5 heteroatoms. The first-order valence-electron chi connectivity index (χ1n) is 10.1. The fraction of sp³-hybridized carbons (Fsp3) is 0.200. The van der Waals surface area contributed by atoms with E-state index >= 15 is 0 Å². The van der Waals surface area contributed by atoms with Crippen LogP contribution in [0.2, 0.25) is 0 Å². The van der Waals surface area contributed by atoms with Crippen LogP contribution in [0.4, 0.5) is 17.1 Å². The number of anilines is 3. The van der Waals surface area contributed by atoms with Crippen molar-refractivity contribution in [2.75, 3.05) is 35.8 Å². The normalized spacial score (nSPS) is 12.8. The molecule has 0 unspecified atom stereocenters. The van der Waals surface area contributed by atoms with Gasteiger partial charge in [-0.25, -0.2) is 0 Å². The van der Waals surface area contributed by atoms with Crippen LogP contribution < -0.4 is 15.1 Å². The van der Waals surface area contributed by atoms with Crippen LogP contribution in [0.15, 0.2) is 72.8 Å².